The number of esters is 1. The van der Waals surface area contributed by atoms with Crippen molar-refractivity contribution >= 4 is 23.6 Å². The molecular formula is C36H53NO5S. The number of hydrogen-bond donors (Lipinski definition) is 1. The number of rotatable bonds is 16. The lowest BCUT2D eigenvalue weighted by Crippen LogP contribution is -2.42. The molecule has 2 atom stereocenters. The molecule has 3 rings (SSSR count). The molecule has 2 aromatic rings. The SMILES string of the molecule is COC(=O)C(CCSC)NC(=O)c1ccc(COC(COCCC(C)(C)C)CC2CCCCC2)cc1-c1ccccc1C. The molecule has 1 N–H and O–H groups in total. The predicted octanol–water partition coefficient (Wildman–Crippen LogP) is 7.99. The Bertz CT molecular complexity index is 1150. The Morgan fingerprint density at radius 3 is 2.47 bits per heavy atom. The van der Waals surface area contributed by atoms with Gasteiger partial charge in [-0.2, -0.15) is 11.8 Å². The van der Waals surface area contributed by atoms with Crippen molar-refractivity contribution in [3.8, 4) is 11.1 Å². The molecule has 0 heterocycles. The van der Waals surface area contributed by atoms with Crippen LogP contribution in [0.25, 0.3) is 11.1 Å². The van der Waals surface area contributed by atoms with Crippen molar-refractivity contribution in [2.24, 2.45) is 11.3 Å². The van der Waals surface area contributed by atoms with Crippen molar-refractivity contribution in [3.05, 3.63) is 59.2 Å². The fourth-order valence-corrected chi connectivity index (χ4v) is 6.10. The van der Waals surface area contributed by atoms with E-state index in [9.17, 15) is 9.59 Å². The zero-order valence-corrected chi connectivity index (χ0v) is 28.0. The summed E-state index contributed by atoms with van der Waals surface area (Å²) in [5.41, 5.74) is 4.66. The van der Waals surface area contributed by atoms with Crippen LogP contribution in [-0.2, 0) is 25.6 Å². The van der Waals surface area contributed by atoms with Crippen molar-refractivity contribution < 1.29 is 23.8 Å². The number of hydrogen-bond acceptors (Lipinski definition) is 6. The summed E-state index contributed by atoms with van der Waals surface area (Å²) in [5.74, 6) is 0.707. The van der Waals surface area contributed by atoms with Gasteiger partial charge in [0.05, 0.1) is 26.4 Å². The van der Waals surface area contributed by atoms with Gasteiger partial charge in [0.25, 0.3) is 5.91 Å². The van der Waals surface area contributed by atoms with Gasteiger partial charge < -0.3 is 19.5 Å². The van der Waals surface area contributed by atoms with Gasteiger partial charge in [-0.3, -0.25) is 4.79 Å². The van der Waals surface area contributed by atoms with Crippen LogP contribution in [0.5, 0.6) is 0 Å². The second-order valence-corrected chi connectivity index (χ2v) is 14.1. The molecule has 0 aromatic heterocycles. The molecule has 0 spiro atoms. The summed E-state index contributed by atoms with van der Waals surface area (Å²) in [6.07, 6.45) is 11.0. The van der Waals surface area contributed by atoms with Gasteiger partial charge in [0.2, 0.25) is 0 Å². The van der Waals surface area contributed by atoms with Crippen LogP contribution in [0, 0.1) is 18.3 Å². The smallest absolute Gasteiger partial charge is 0.328 e. The Hall–Kier alpha value is -2.35. The Morgan fingerprint density at radius 2 is 1.79 bits per heavy atom. The van der Waals surface area contributed by atoms with Crippen molar-refractivity contribution in [2.45, 2.75) is 97.8 Å². The van der Waals surface area contributed by atoms with Crippen molar-refractivity contribution in [2.75, 3.05) is 32.3 Å². The summed E-state index contributed by atoms with van der Waals surface area (Å²) >= 11 is 1.63. The maximum atomic E-state index is 13.6. The lowest BCUT2D eigenvalue weighted by molar-refractivity contribution is -0.142. The van der Waals surface area contributed by atoms with Crippen LogP contribution in [0.4, 0.5) is 0 Å². The maximum absolute atomic E-state index is 13.6. The number of amides is 1. The molecule has 2 aromatic carbocycles. The summed E-state index contributed by atoms with van der Waals surface area (Å²) < 4.78 is 17.7. The van der Waals surface area contributed by atoms with Gasteiger partial charge in [-0.25, -0.2) is 4.79 Å². The van der Waals surface area contributed by atoms with Crippen LogP contribution in [0.1, 0.15) is 93.6 Å². The highest BCUT2D eigenvalue weighted by Gasteiger charge is 2.25. The first-order chi connectivity index (χ1) is 20.6. The minimum atomic E-state index is -0.698. The first-order valence-corrected chi connectivity index (χ1v) is 17.3. The third kappa shape index (κ3) is 11.9. The number of aryl methyl sites for hydroxylation is 1. The quantitative estimate of drug-likeness (QED) is 0.153. The van der Waals surface area contributed by atoms with E-state index in [1.54, 1.807) is 11.8 Å². The Balaban J connectivity index is 1.80. The molecule has 6 nitrogen and oxygen atoms in total. The monoisotopic (exact) mass is 611 g/mol. The van der Waals surface area contributed by atoms with Gasteiger partial charge in [-0.1, -0.05) is 83.2 Å². The molecule has 0 saturated heterocycles. The van der Waals surface area contributed by atoms with Crippen LogP contribution in [-0.4, -0.2) is 56.4 Å². The van der Waals surface area contributed by atoms with E-state index in [1.807, 2.05) is 49.6 Å². The molecule has 0 aliphatic heterocycles. The summed E-state index contributed by atoms with van der Waals surface area (Å²) in [4.78, 5) is 26.0. The number of methoxy groups -OCH3 is 1. The van der Waals surface area contributed by atoms with E-state index in [1.165, 1.54) is 39.2 Å². The van der Waals surface area contributed by atoms with E-state index in [-0.39, 0.29) is 17.4 Å². The lowest BCUT2D eigenvalue weighted by atomic mass is 9.85. The normalized spacial score (nSPS) is 15.6. The number of benzene rings is 2. The zero-order chi connectivity index (χ0) is 31.2. The molecule has 0 bridgehead atoms. The highest BCUT2D eigenvalue weighted by molar-refractivity contribution is 7.98. The highest BCUT2D eigenvalue weighted by atomic mass is 32.2. The fourth-order valence-electron chi connectivity index (χ4n) is 5.63. The molecule has 2 unspecified atom stereocenters. The Kier molecular flexibility index (Phi) is 14.6. The third-order valence-corrected chi connectivity index (χ3v) is 8.92. The molecule has 7 heteroatoms. The minimum Gasteiger partial charge on any atom is -0.467 e. The summed E-state index contributed by atoms with van der Waals surface area (Å²) in [5, 5.41) is 2.93. The lowest BCUT2D eigenvalue weighted by Gasteiger charge is -2.27. The van der Waals surface area contributed by atoms with E-state index in [4.69, 9.17) is 14.2 Å². The first-order valence-electron chi connectivity index (χ1n) is 15.9. The van der Waals surface area contributed by atoms with Crippen LogP contribution in [0.2, 0.25) is 0 Å². The van der Waals surface area contributed by atoms with Crippen molar-refractivity contribution in [1.82, 2.24) is 5.32 Å². The van der Waals surface area contributed by atoms with E-state index in [0.717, 1.165) is 47.5 Å². The van der Waals surface area contributed by atoms with Gasteiger partial charge >= 0.3 is 5.97 Å². The minimum absolute atomic E-state index is 0.0326. The molecule has 1 aliphatic rings. The second-order valence-electron chi connectivity index (χ2n) is 13.1. The molecule has 43 heavy (non-hydrogen) atoms. The van der Waals surface area contributed by atoms with Crippen LogP contribution >= 0.6 is 11.8 Å². The topological polar surface area (TPSA) is 73.9 Å². The van der Waals surface area contributed by atoms with Crippen LogP contribution in [0.15, 0.2) is 42.5 Å². The van der Waals surface area contributed by atoms with Crippen LogP contribution < -0.4 is 5.32 Å². The molecule has 1 aliphatic carbocycles. The fraction of sp³-hybridized carbons (Fsp3) is 0.611. The molecular weight excluding hydrogens is 558 g/mol. The van der Waals surface area contributed by atoms with E-state index >= 15 is 0 Å². The Labute approximate surface area is 264 Å². The van der Waals surface area contributed by atoms with Crippen molar-refractivity contribution in [1.29, 1.82) is 0 Å². The van der Waals surface area contributed by atoms with Crippen molar-refractivity contribution in [3.63, 3.8) is 0 Å². The van der Waals surface area contributed by atoms with Gasteiger partial charge in [0.15, 0.2) is 0 Å². The summed E-state index contributed by atoms with van der Waals surface area (Å²) in [6.45, 7) is 10.5. The predicted molar refractivity (Wildman–Crippen MR) is 178 cm³/mol. The van der Waals surface area contributed by atoms with Crippen LogP contribution in [0.3, 0.4) is 0 Å². The average molecular weight is 612 g/mol. The van der Waals surface area contributed by atoms with Gasteiger partial charge in [0.1, 0.15) is 6.04 Å². The zero-order valence-electron chi connectivity index (χ0n) is 27.2. The number of nitrogens with one attached hydrogen (secondary N) is 1. The van der Waals surface area contributed by atoms with E-state index < -0.39 is 12.0 Å². The summed E-state index contributed by atoms with van der Waals surface area (Å²) in [6, 6.07) is 13.2. The molecule has 0 radical (unpaired) electrons. The molecule has 238 valence electrons. The summed E-state index contributed by atoms with van der Waals surface area (Å²) in [7, 11) is 1.35. The van der Waals surface area contributed by atoms with E-state index in [2.05, 4.69) is 32.2 Å². The highest BCUT2D eigenvalue weighted by Crippen LogP contribution is 2.31. The van der Waals surface area contributed by atoms with E-state index in [0.29, 0.717) is 31.1 Å². The Morgan fingerprint density at radius 1 is 1.05 bits per heavy atom. The largest absolute Gasteiger partial charge is 0.467 e. The standard InChI is InChI=1S/C36H53NO5S/c1-26-12-10-11-15-30(26)32-23-28(16-17-31(32)34(38)37-33(18-21-43-6)35(39)40-5)24-42-29(22-27-13-8-7-9-14-27)25-41-20-19-36(2,3)4/h10-12,15-17,23,27,29,33H,7-9,13-14,18-22,24-25H2,1-6H3,(H,37,38). The van der Waals surface area contributed by atoms with Gasteiger partial charge in [-0.05, 0) is 83.9 Å². The molecule has 1 saturated carbocycles. The average Bonchev–Trinajstić information content (AvgIpc) is 2.99. The van der Waals surface area contributed by atoms with Gasteiger partial charge in [0, 0.05) is 12.2 Å². The molecule has 1 fully saturated rings. The number of carbonyl (C=O) groups is 2. The third-order valence-electron chi connectivity index (χ3n) is 8.27. The molecule has 1 amide bonds. The second kappa shape index (κ2) is 17.8. The van der Waals surface area contributed by atoms with Gasteiger partial charge in [-0.15, -0.1) is 0 Å². The number of thioether (sulfide) groups is 1. The number of carbonyl (C=O) groups excluding carboxylic acids is 2. The first kappa shape index (κ1) is 35.1. The number of ether oxygens (including phenoxy) is 3. The maximum Gasteiger partial charge on any atom is 0.328 e.